The molecule has 1 unspecified atom stereocenters. The molecule has 8 nitrogen and oxygen atoms in total. The predicted molar refractivity (Wildman–Crippen MR) is 147 cm³/mol. The third-order valence-corrected chi connectivity index (χ3v) is 8.34. The zero-order chi connectivity index (χ0) is 26.4. The molecule has 1 aliphatic rings. The fourth-order valence-electron chi connectivity index (χ4n) is 4.35. The van der Waals surface area contributed by atoms with Crippen LogP contribution in [0.3, 0.4) is 0 Å². The van der Waals surface area contributed by atoms with E-state index < -0.39 is 0 Å². The Morgan fingerprint density at radius 3 is 2.78 bits per heavy atom. The molecular weight excluding hydrogens is 508 g/mol. The molecule has 3 aromatic rings. The number of ether oxygens (including phenoxy) is 2. The third-order valence-electron chi connectivity index (χ3n) is 6.20. The number of thioether (sulfide) groups is 1. The highest BCUT2D eigenvalue weighted by Crippen LogP contribution is 2.40. The molecule has 37 heavy (non-hydrogen) atoms. The molecule has 0 bridgehead atoms. The van der Waals surface area contributed by atoms with Gasteiger partial charge in [-0.3, -0.25) is 4.79 Å². The quantitative estimate of drug-likeness (QED) is 0.204. The normalized spacial score (nSPS) is 14.6. The van der Waals surface area contributed by atoms with Crippen molar-refractivity contribution in [3.63, 3.8) is 0 Å². The number of nitrogens with zero attached hydrogens (tertiary/aromatic N) is 3. The lowest BCUT2D eigenvalue weighted by atomic mass is 9.88. The topological polar surface area (TPSA) is 95.3 Å². The standard InChI is InChI=1S/C27H32N4O4S2/c1-5-13-31-22(15-18-8-10-19(34-4)11-9-18)29-30-27(31)36-16-23(32)28-25-24(26(33)35-6-2)20-12-7-17(3)14-21(20)37-25/h5,8-11,17H,1,6-7,12-16H2,2-4H3,(H,28,32). The SMILES string of the molecule is C=CCn1c(Cc2ccc(OC)cc2)nnc1SCC(=O)Nc1sc2c(c1C(=O)OCC)CCC(C)C2. The van der Waals surface area contributed by atoms with Gasteiger partial charge in [0, 0.05) is 17.8 Å². The van der Waals surface area contributed by atoms with Gasteiger partial charge in [0.1, 0.15) is 16.6 Å². The van der Waals surface area contributed by atoms with Crippen LogP contribution in [0.1, 0.15) is 52.5 Å². The summed E-state index contributed by atoms with van der Waals surface area (Å²) >= 11 is 2.80. The van der Waals surface area contributed by atoms with Crippen molar-refractivity contribution in [1.29, 1.82) is 0 Å². The number of aromatic nitrogens is 3. The number of hydrogen-bond acceptors (Lipinski definition) is 8. The molecule has 0 saturated carbocycles. The lowest BCUT2D eigenvalue weighted by Crippen LogP contribution is -2.18. The van der Waals surface area contributed by atoms with Gasteiger partial charge >= 0.3 is 5.97 Å². The Kier molecular flexibility index (Phi) is 9.04. The Hall–Kier alpha value is -3.11. The average molecular weight is 541 g/mol. The van der Waals surface area contributed by atoms with Gasteiger partial charge in [0.25, 0.3) is 0 Å². The summed E-state index contributed by atoms with van der Waals surface area (Å²) in [4.78, 5) is 26.9. The molecule has 1 aliphatic carbocycles. The second-order valence-corrected chi connectivity index (χ2v) is 11.0. The number of hydrogen-bond donors (Lipinski definition) is 1. The molecule has 1 amide bonds. The molecule has 10 heteroatoms. The van der Waals surface area contributed by atoms with Crippen LogP contribution in [0.2, 0.25) is 0 Å². The van der Waals surface area contributed by atoms with Gasteiger partial charge in [-0.25, -0.2) is 4.79 Å². The minimum absolute atomic E-state index is 0.138. The summed E-state index contributed by atoms with van der Waals surface area (Å²) in [6, 6.07) is 7.82. The molecule has 4 rings (SSSR count). The molecule has 1 aromatic carbocycles. The number of benzene rings is 1. The van der Waals surface area contributed by atoms with E-state index in [1.54, 1.807) is 20.1 Å². The lowest BCUT2D eigenvalue weighted by Gasteiger charge is -2.18. The average Bonchev–Trinajstić information content (AvgIpc) is 3.43. The lowest BCUT2D eigenvalue weighted by molar-refractivity contribution is -0.113. The molecule has 1 N–H and O–H groups in total. The fourth-order valence-corrected chi connectivity index (χ4v) is 6.53. The van der Waals surface area contributed by atoms with Crippen LogP contribution in [0.15, 0.2) is 42.1 Å². The Morgan fingerprint density at radius 2 is 2.08 bits per heavy atom. The predicted octanol–water partition coefficient (Wildman–Crippen LogP) is 5.16. The summed E-state index contributed by atoms with van der Waals surface area (Å²) in [5.74, 6) is 1.71. The van der Waals surface area contributed by atoms with Crippen molar-refractivity contribution in [3.05, 3.63) is 64.3 Å². The van der Waals surface area contributed by atoms with Gasteiger partial charge in [-0.05, 0) is 55.4 Å². The minimum Gasteiger partial charge on any atom is -0.497 e. The summed E-state index contributed by atoms with van der Waals surface area (Å²) in [6.07, 6.45) is 5.15. The van der Waals surface area contributed by atoms with Gasteiger partial charge in [-0.1, -0.05) is 36.9 Å². The van der Waals surface area contributed by atoms with Crippen LogP contribution in [0.5, 0.6) is 5.75 Å². The highest BCUT2D eigenvalue weighted by molar-refractivity contribution is 7.99. The number of esters is 1. The van der Waals surface area contributed by atoms with Crippen molar-refractivity contribution in [2.24, 2.45) is 5.92 Å². The number of anilines is 1. The highest BCUT2D eigenvalue weighted by atomic mass is 32.2. The van der Waals surface area contributed by atoms with Crippen molar-refractivity contribution >= 4 is 40.0 Å². The first-order chi connectivity index (χ1) is 17.9. The zero-order valence-electron chi connectivity index (χ0n) is 21.4. The van der Waals surface area contributed by atoms with Crippen molar-refractivity contribution in [1.82, 2.24) is 14.8 Å². The van der Waals surface area contributed by atoms with Crippen LogP contribution in [0.25, 0.3) is 0 Å². The number of carbonyl (C=O) groups excluding carboxylic acids is 2. The van der Waals surface area contributed by atoms with Crippen LogP contribution in [-0.4, -0.2) is 46.1 Å². The van der Waals surface area contributed by atoms with Gasteiger partial charge in [0.2, 0.25) is 5.91 Å². The number of nitrogens with one attached hydrogen (secondary N) is 1. The largest absolute Gasteiger partial charge is 0.497 e. The van der Waals surface area contributed by atoms with E-state index in [1.165, 1.54) is 28.0 Å². The summed E-state index contributed by atoms with van der Waals surface area (Å²) in [5.41, 5.74) is 2.62. The summed E-state index contributed by atoms with van der Waals surface area (Å²) in [7, 11) is 1.64. The van der Waals surface area contributed by atoms with E-state index in [1.807, 2.05) is 28.8 Å². The van der Waals surface area contributed by atoms with E-state index in [2.05, 4.69) is 29.0 Å². The van der Waals surface area contributed by atoms with Crippen molar-refractivity contribution in [3.8, 4) is 5.75 Å². The summed E-state index contributed by atoms with van der Waals surface area (Å²) < 4.78 is 12.5. The number of allylic oxidation sites excluding steroid dienone is 1. The number of amides is 1. The van der Waals surface area contributed by atoms with Gasteiger partial charge in [-0.2, -0.15) is 0 Å². The summed E-state index contributed by atoms with van der Waals surface area (Å²) in [5, 5.41) is 12.9. The van der Waals surface area contributed by atoms with Gasteiger partial charge in [0.15, 0.2) is 5.16 Å². The van der Waals surface area contributed by atoms with E-state index >= 15 is 0 Å². The molecular formula is C27H32N4O4S2. The van der Waals surface area contributed by atoms with E-state index in [0.29, 0.717) is 41.2 Å². The summed E-state index contributed by atoms with van der Waals surface area (Å²) in [6.45, 7) is 8.68. The number of rotatable bonds is 11. The molecule has 2 aromatic heterocycles. The number of methoxy groups -OCH3 is 1. The van der Waals surface area contributed by atoms with Crippen LogP contribution >= 0.6 is 23.1 Å². The van der Waals surface area contributed by atoms with Crippen molar-refractivity contribution in [2.45, 2.75) is 51.2 Å². The molecule has 0 saturated heterocycles. The highest BCUT2D eigenvalue weighted by Gasteiger charge is 2.29. The second-order valence-electron chi connectivity index (χ2n) is 8.94. The van der Waals surface area contributed by atoms with Gasteiger partial charge in [0.05, 0.1) is 25.0 Å². The number of carbonyl (C=O) groups is 2. The minimum atomic E-state index is -0.369. The van der Waals surface area contributed by atoms with E-state index in [9.17, 15) is 9.59 Å². The molecule has 0 fully saturated rings. The first kappa shape index (κ1) is 26.9. The molecule has 2 heterocycles. The smallest absolute Gasteiger partial charge is 0.341 e. The van der Waals surface area contributed by atoms with Crippen LogP contribution in [-0.2, 0) is 35.3 Å². The zero-order valence-corrected chi connectivity index (χ0v) is 23.0. The Labute approximate surface area is 225 Å². The van der Waals surface area contributed by atoms with Crippen LogP contribution in [0.4, 0.5) is 5.00 Å². The first-order valence-corrected chi connectivity index (χ1v) is 14.1. The monoisotopic (exact) mass is 540 g/mol. The molecule has 196 valence electrons. The fraction of sp³-hybridized carbons (Fsp3) is 0.407. The molecule has 0 aliphatic heterocycles. The second kappa shape index (κ2) is 12.4. The third kappa shape index (κ3) is 6.42. The molecule has 0 radical (unpaired) electrons. The Bertz CT molecular complexity index is 1270. The maximum Gasteiger partial charge on any atom is 0.341 e. The number of thiophene rings is 1. The van der Waals surface area contributed by atoms with Gasteiger partial charge < -0.3 is 19.4 Å². The van der Waals surface area contributed by atoms with E-state index in [4.69, 9.17) is 9.47 Å². The van der Waals surface area contributed by atoms with Crippen molar-refractivity contribution < 1.29 is 19.1 Å². The van der Waals surface area contributed by atoms with Crippen LogP contribution < -0.4 is 10.1 Å². The Morgan fingerprint density at radius 1 is 1.30 bits per heavy atom. The number of fused-ring (bicyclic) bond motifs is 1. The Balaban J connectivity index is 1.46. The molecule has 1 atom stereocenters. The van der Waals surface area contributed by atoms with E-state index in [-0.39, 0.29) is 17.6 Å². The van der Waals surface area contributed by atoms with E-state index in [0.717, 1.165) is 42.0 Å². The van der Waals surface area contributed by atoms with Crippen LogP contribution in [0, 0.1) is 5.92 Å². The maximum atomic E-state index is 13.0. The maximum absolute atomic E-state index is 13.0. The first-order valence-electron chi connectivity index (χ1n) is 12.3. The van der Waals surface area contributed by atoms with Crippen molar-refractivity contribution in [2.75, 3.05) is 24.8 Å². The van der Waals surface area contributed by atoms with Gasteiger partial charge in [-0.15, -0.1) is 28.1 Å². The molecule has 0 spiro atoms.